The van der Waals surface area contributed by atoms with Gasteiger partial charge < -0.3 is 4.74 Å². The summed E-state index contributed by atoms with van der Waals surface area (Å²) in [4.78, 5) is 16.3. The van der Waals surface area contributed by atoms with E-state index in [2.05, 4.69) is 20.9 Å². The Bertz CT molecular complexity index is 611. The first-order valence-electron chi connectivity index (χ1n) is 5.88. The number of rotatable bonds is 4. The third-order valence-electron chi connectivity index (χ3n) is 2.81. The predicted octanol–water partition coefficient (Wildman–Crippen LogP) is 3.59. The standard InChI is InChI=1S/C15H14BrNO2/c1-10-5-6-17-14(7-10)15(18)9-11-8-12(19-2)3-4-13(11)16/h3-8H,9H2,1-2H3. The maximum absolute atomic E-state index is 12.2. The quantitative estimate of drug-likeness (QED) is 0.808. The van der Waals surface area contributed by atoms with Crippen molar-refractivity contribution in [1.29, 1.82) is 0 Å². The molecule has 0 aliphatic heterocycles. The van der Waals surface area contributed by atoms with Crippen LogP contribution in [-0.4, -0.2) is 17.9 Å². The van der Waals surface area contributed by atoms with E-state index >= 15 is 0 Å². The number of pyridine rings is 1. The smallest absolute Gasteiger partial charge is 0.185 e. The highest BCUT2D eigenvalue weighted by Gasteiger charge is 2.11. The van der Waals surface area contributed by atoms with Crippen molar-refractivity contribution in [1.82, 2.24) is 4.98 Å². The molecule has 2 aromatic rings. The molecule has 0 amide bonds. The van der Waals surface area contributed by atoms with E-state index < -0.39 is 0 Å². The zero-order valence-electron chi connectivity index (χ0n) is 10.8. The Balaban J connectivity index is 2.23. The number of halogens is 1. The van der Waals surface area contributed by atoms with Crippen molar-refractivity contribution in [3.05, 3.63) is 57.8 Å². The van der Waals surface area contributed by atoms with Gasteiger partial charge in [0.25, 0.3) is 0 Å². The molecule has 98 valence electrons. The predicted molar refractivity (Wildman–Crippen MR) is 77.7 cm³/mol. The molecule has 0 aliphatic carbocycles. The van der Waals surface area contributed by atoms with Gasteiger partial charge in [0.15, 0.2) is 5.78 Å². The van der Waals surface area contributed by atoms with Crippen LogP contribution in [0.3, 0.4) is 0 Å². The molecule has 3 nitrogen and oxygen atoms in total. The average Bonchev–Trinajstić information content (AvgIpc) is 2.41. The molecule has 0 atom stereocenters. The van der Waals surface area contributed by atoms with Crippen LogP contribution in [0.15, 0.2) is 41.0 Å². The molecule has 0 fully saturated rings. The third kappa shape index (κ3) is 3.41. The van der Waals surface area contributed by atoms with Gasteiger partial charge in [-0.1, -0.05) is 15.9 Å². The summed E-state index contributed by atoms with van der Waals surface area (Å²) in [5, 5.41) is 0. The van der Waals surface area contributed by atoms with Crippen molar-refractivity contribution in [2.24, 2.45) is 0 Å². The first-order chi connectivity index (χ1) is 9.10. The maximum Gasteiger partial charge on any atom is 0.185 e. The molecule has 0 bridgehead atoms. The summed E-state index contributed by atoms with van der Waals surface area (Å²) in [7, 11) is 1.61. The molecule has 0 unspecified atom stereocenters. The van der Waals surface area contributed by atoms with E-state index in [1.54, 1.807) is 19.4 Å². The summed E-state index contributed by atoms with van der Waals surface area (Å²) in [6.45, 7) is 1.94. The second-order valence-corrected chi connectivity index (χ2v) is 5.13. The Morgan fingerprint density at radius 2 is 2.11 bits per heavy atom. The van der Waals surface area contributed by atoms with Gasteiger partial charge in [-0.2, -0.15) is 0 Å². The molecule has 0 N–H and O–H groups in total. The fraction of sp³-hybridized carbons (Fsp3) is 0.200. The van der Waals surface area contributed by atoms with Gasteiger partial charge in [0.05, 0.1) is 7.11 Å². The fourth-order valence-corrected chi connectivity index (χ4v) is 2.15. The molecule has 2 rings (SSSR count). The Kier molecular flexibility index (Phi) is 4.32. The van der Waals surface area contributed by atoms with E-state index in [-0.39, 0.29) is 5.78 Å². The lowest BCUT2D eigenvalue weighted by Gasteiger charge is -2.07. The summed E-state index contributed by atoms with van der Waals surface area (Å²) < 4.78 is 6.07. The van der Waals surface area contributed by atoms with Crippen molar-refractivity contribution < 1.29 is 9.53 Å². The van der Waals surface area contributed by atoms with Crippen LogP contribution in [0.4, 0.5) is 0 Å². The van der Waals surface area contributed by atoms with Crippen molar-refractivity contribution in [2.75, 3.05) is 7.11 Å². The number of methoxy groups -OCH3 is 1. The molecule has 0 spiro atoms. The van der Waals surface area contributed by atoms with E-state index in [9.17, 15) is 4.79 Å². The van der Waals surface area contributed by atoms with Crippen molar-refractivity contribution in [2.45, 2.75) is 13.3 Å². The third-order valence-corrected chi connectivity index (χ3v) is 3.58. The van der Waals surface area contributed by atoms with Gasteiger partial charge in [-0.05, 0) is 48.4 Å². The number of Topliss-reactive ketones (excluding diaryl/α,β-unsaturated/α-hetero) is 1. The lowest BCUT2D eigenvalue weighted by molar-refractivity contribution is 0.0988. The number of ether oxygens (including phenoxy) is 1. The number of benzene rings is 1. The molecule has 1 aromatic heterocycles. The molecule has 0 radical (unpaired) electrons. The Morgan fingerprint density at radius 3 is 2.79 bits per heavy atom. The van der Waals surface area contributed by atoms with Crippen molar-refractivity contribution in [3.8, 4) is 5.75 Å². The zero-order chi connectivity index (χ0) is 13.8. The van der Waals surface area contributed by atoms with Crippen molar-refractivity contribution in [3.63, 3.8) is 0 Å². The minimum atomic E-state index is -0.00217. The van der Waals surface area contributed by atoms with Crippen LogP contribution >= 0.6 is 15.9 Å². The molecule has 1 heterocycles. The molecule has 1 aromatic carbocycles. The Morgan fingerprint density at radius 1 is 1.32 bits per heavy atom. The highest BCUT2D eigenvalue weighted by molar-refractivity contribution is 9.10. The van der Waals surface area contributed by atoms with Crippen LogP contribution < -0.4 is 4.74 Å². The van der Waals surface area contributed by atoms with Crippen LogP contribution in [0, 0.1) is 6.92 Å². The molecular weight excluding hydrogens is 306 g/mol. The molecular formula is C15H14BrNO2. The number of carbonyl (C=O) groups excluding carboxylic acids is 1. The lowest BCUT2D eigenvalue weighted by Crippen LogP contribution is -2.06. The highest BCUT2D eigenvalue weighted by atomic mass is 79.9. The van der Waals surface area contributed by atoms with Gasteiger partial charge in [0, 0.05) is 17.1 Å². The minimum Gasteiger partial charge on any atom is -0.497 e. The van der Waals surface area contributed by atoms with Crippen LogP contribution in [0.2, 0.25) is 0 Å². The summed E-state index contributed by atoms with van der Waals surface area (Å²) in [5.74, 6) is 0.737. The zero-order valence-corrected chi connectivity index (χ0v) is 12.4. The number of hydrogen-bond acceptors (Lipinski definition) is 3. The number of aryl methyl sites for hydroxylation is 1. The molecule has 0 aliphatic rings. The number of nitrogens with zero attached hydrogens (tertiary/aromatic N) is 1. The summed E-state index contributed by atoms with van der Waals surface area (Å²) in [6.07, 6.45) is 1.96. The fourth-order valence-electron chi connectivity index (χ4n) is 1.77. The Hall–Kier alpha value is -1.68. The van der Waals surface area contributed by atoms with Gasteiger partial charge in [0.1, 0.15) is 11.4 Å². The van der Waals surface area contributed by atoms with Gasteiger partial charge in [-0.15, -0.1) is 0 Å². The molecule has 0 saturated carbocycles. The van der Waals surface area contributed by atoms with Crippen LogP contribution in [0.25, 0.3) is 0 Å². The summed E-state index contributed by atoms with van der Waals surface area (Å²) in [5.41, 5.74) is 2.42. The van der Waals surface area contributed by atoms with Crippen LogP contribution in [0.1, 0.15) is 21.6 Å². The second-order valence-electron chi connectivity index (χ2n) is 4.28. The number of aromatic nitrogens is 1. The second kappa shape index (κ2) is 5.97. The van der Waals surface area contributed by atoms with Crippen molar-refractivity contribution >= 4 is 21.7 Å². The van der Waals surface area contributed by atoms with E-state index in [4.69, 9.17) is 4.74 Å². The monoisotopic (exact) mass is 319 g/mol. The van der Waals surface area contributed by atoms with Gasteiger partial charge in [-0.25, -0.2) is 0 Å². The van der Waals surface area contributed by atoms with E-state index in [0.29, 0.717) is 12.1 Å². The maximum atomic E-state index is 12.2. The highest BCUT2D eigenvalue weighted by Crippen LogP contribution is 2.23. The van der Waals surface area contributed by atoms with Crippen LogP contribution in [0.5, 0.6) is 5.75 Å². The SMILES string of the molecule is COc1ccc(Br)c(CC(=O)c2cc(C)ccn2)c1. The van der Waals surface area contributed by atoms with Gasteiger partial charge >= 0.3 is 0 Å². The number of carbonyl (C=O) groups is 1. The first-order valence-corrected chi connectivity index (χ1v) is 6.67. The first kappa shape index (κ1) is 13.7. The van der Waals surface area contributed by atoms with Crippen LogP contribution in [-0.2, 0) is 6.42 Å². The van der Waals surface area contributed by atoms with E-state index in [1.807, 2.05) is 31.2 Å². The van der Waals surface area contributed by atoms with Gasteiger partial charge in [0.2, 0.25) is 0 Å². The van der Waals surface area contributed by atoms with E-state index in [0.717, 1.165) is 21.3 Å². The normalized spacial score (nSPS) is 10.3. The topological polar surface area (TPSA) is 39.2 Å². The van der Waals surface area contributed by atoms with Gasteiger partial charge in [-0.3, -0.25) is 9.78 Å². The Labute approximate surface area is 120 Å². The molecule has 4 heteroatoms. The summed E-state index contributed by atoms with van der Waals surface area (Å²) in [6, 6.07) is 9.26. The summed E-state index contributed by atoms with van der Waals surface area (Å²) >= 11 is 3.45. The number of ketones is 1. The average molecular weight is 320 g/mol. The number of hydrogen-bond donors (Lipinski definition) is 0. The lowest BCUT2D eigenvalue weighted by atomic mass is 10.1. The van der Waals surface area contributed by atoms with E-state index in [1.165, 1.54) is 0 Å². The largest absolute Gasteiger partial charge is 0.497 e. The molecule has 19 heavy (non-hydrogen) atoms. The minimum absolute atomic E-state index is 0.00217. The molecule has 0 saturated heterocycles.